The summed E-state index contributed by atoms with van der Waals surface area (Å²) in [6.45, 7) is 0.947. The van der Waals surface area contributed by atoms with Crippen molar-refractivity contribution in [3.63, 3.8) is 0 Å². The molecule has 0 radical (unpaired) electrons. The van der Waals surface area contributed by atoms with Crippen molar-refractivity contribution in [2.24, 2.45) is 0 Å². The number of thioether (sulfide) groups is 1. The van der Waals surface area contributed by atoms with E-state index in [0.29, 0.717) is 5.56 Å². The Morgan fingerprint density at radius 3 is 3.07 bits per heavy atom. The molecule has 0 atom stereocenters. The standard InChI is InChI=1S/C10H11NO2S.ClH/c1-13-10(12)7-2-3-9-8(6-7)11-4-5-14-9;/h2-3,6,11H,4-5H2,1H3;1H. The third kappa shape index (κ3) is 2.58. The van der Waals surface area contributed by atoms with Crippen molar-refractivity contribution in [2.45, 2.75) is 4.90 Å². The molecule has 0 aromatic heterocycles. The van der Waals surface area contributed by atoms with Gasteiger partial charge >= 0.3 is 5.97 Å². The summed E-state index contributed by atoms with van der Waals surface area (Å²) < 4.78 is 4.65. The molecule has 0 fully saturated rings. The fraction of sp³-hybridized carbons (Fsp3) is 0.300. The van der Waals surface area contributed by atoms with Crippen molar-refractivity contribution in [1.82, 2.24) is 0 Å². The number of nitrogens with one attached hydrogen (secondary N) is 1. The molecule has 15 heavy (non-hydrogen) atoms. The predicted molar refractivity (Wildman–Crippen MR) is 64.2 cm³/mol. The van der Waals surface area contributed by atoms with E-state index >= 15 is 0 Å². The fourth-order valence-electron chi connectivity index (χ4n) is 1.39. The van der Waals surface area contributed by atoms with Gasteiger partial charge in [-0.15, -0.1) is 24.2 Å². The minimum absolute atomic E-state index is 0. The quantitative estimate of drug-likeness (QED) is 0.772. The molecule has 0 saturated heterocycles. The van der Waals surface area contributed by atoms with Gasteiger partial charge in [0.25, 0.3) is 0 Å². The molecule has 5 heteroatoms. The Balaban J connectivity index is 0.00000112. The lowest BCUT2D eigenvalue weighted by atomic mass is 10.2. The van der Waals surface area contributed by atoms with Crippen LogP contribution in [0.5, 0.6) is 0 Å². The highest BCUT2D eigenvalue weighted by atomic mass is 35.5. The molecule has 1 N–H and O–H groups in total. The maximum Gasteiger partial charge on any atom is 0.337 e. The molecule has 82 valence electrons. The first kappa shape index (κ1) is 12.2. The summed E-state index contributed by atoms with van der Waals surface area (Å²) in [5, 5.41) is 3.25. The molecule has 2 rings (SSSR count). The average Bonchev–Trinajstić information content (AvgIpc) is 2.27. The topological polar surface area (TPSA) is 38.3 Å². The maximum atomic E-state index is 11.2. The molecule has 1 aliphatic rings. The maximum absolute atomic E-state index is 11.2. The van der Waals surface area contributed by atoms with Gasteiger partial charge in [-0.1, -0.05) is 0 Å². The summed E-state index contributed by atoms with van der Waals surface area (Å²) >= 11 is 1.80. The molecule has 0 spiro atoms. The van der Waals surface area contributed by atoms with Gasteiger partial charge in [0.05, 0.1) is 12.7 Å². The molecular weight excluding hydrogens is 234 g/mol. The molecule has 0 unspecified atom stereocenters. The van der Waals surface area contributed by atoms with Gasteiger partial charge < -0.3 is 10.1 Å². The van der Waals surface area contributed by atoms with Crippen molar-refractivity contribution in [1.29, 1.82) is 0 Å². The predicted octanol–water partition coefficient (Wildman–Crippen LogP) is 2.41. The van der Waals surface area contributed by atoms with Crippen LogP contribution in [0.2, 0.25) is 0 Å². The van der Waals surface area contributed by atoms with Gasteiger partial charge in [-0.25, -0.2) is 4.79 Å². The van der Waals surface area contributed by atoms with Gasteiger partial charge in [-0.2, -0.15) is 0 Å². The summed E-state index contributed by atoms with van der Waals surface area (Å²) in [6, 6.07) is 5.59. The summed E-state index contributed by atoms with van der Waals surface area (Å²) in [7, 11) is 1.39. The molecule has 0 amide bonds. The van der Waals surface area contributed by atoms with E-state index in [2.05, 4.69) is 10.1 Å². The molecule has 0 bridgehead atoms. The summed E-state index contributed by atoms with van der Waals surface area (Å²) in [6.07, 6.45) is 0. The van der Waals surface area contributed by atoms with Crippen LogP contribution in [0.15, 0.2) is 23.1 Å². The second kappa shape index (κ2) is 5.28. The lowest BCUT2D eigenvalue weighted by Crippen LogP contribution is -2.11. The second-order valence-electron chi connectivity index (χ2n) is 2.98. The number of anilines is 1. The molecule has 3 nitrogen and oxygen atoms in total. The van der Waals surface area contributed by atoms with Crippen LogP contribution < -0.4 is 5.32 Å². The van der Waals surface area contributed by atoms with Gasteiger partial charge in [0, 0.05) is 22.9 Å². The number of ether oxygens (including phenoxy) is 1. The summed E-state index contributed by atoms with van der Waals surface area (Å²) in [4.78, 5) is 12.4. The zero-order valence-corrected chi connectivity index (χ0v) is 9.91. The molecule has 1 aliphatic heterocycles. The number of hydrogen-bond donors (Lipinski definition) is 1. The average molecular weight is 246 g/mol. The number of benzene rings is 1. The van der Waals surface area contributed by atoms with Crippen molar-refractivity contribution in [2.75, 3.05) is 24.7 Å². The first-order valence-electron chi connectivity index (χ1n) is 4.40. The van der Waals surface area contributed by atoms with Gasteiger partial charge in [0.1, 0.15) is 0 Å². The number of carbonyl (C=O) groups excluding carboxylic acids is 1. The lowest BCUT2D eigenvalue weighted by molar-refractivity contribution is 0.0600. The van der Waals surface area contributed by atoms with Crippen molar-refractivity contribution in [3.05, 3.63) is 23.8 Å². The van der Waals surface area contributed by atoms with E-state index in [1.54, 1.807) is 17.8 Å². The van der Waals surface area contributed by atoms with E-state index in [9.17, 15) is 4.79 Å². The highest BCUT2D eigenvalue weighted by molar-refractivity contribution is 7.99. The number of carbonyl (C=O) groups is 1. The van der Waals surface area contributed by atoms with E-state index in [-0.39, 0.29) is 18.4 Å². The van der Waals surface area contributed by atoms with Crippen LogP contribution in [0, 0.1) is 0 Å². The SMILES string of the molecule is COC(=O)c1ccc2c(c1)NCCS2.Cl. The smallest absolute Gasteiger partial charge is 0.337 e. The largest absolute Gasteiger partial charge is 0.465 e. The van der Waals surface area contributed by atoms with Crippen LogP contribution in [0.3, 0.4) is 0 Å². The monoisotopic (exact) mass is 245 g/mol. The highest BCUT2D eigenvalue weighted by Crippen LogP contribution is 2.31. The van der Waals surface area contributed by atoms with Gasteiger partial charge in [0.2, 0.25) is 0 Å². The van der Waals surface area contributed by atoms with E-state index in [1.807, 2.05) is 12.1 Å². The third-order valence-electron chi connectivity index (χ3n) is 2.08. The Labute approximate surface area is 99.0 Å². The first-order chi connectivity index (χ1) is 6.81. The lowest BCUT2D eigenvalue weighted by Gasteiger charge is -2.17. The Hall–Kier alpha value is -0.870. The van der Waals surface area contributed by atoms with E-state index < -0.39 is 0 Å². The number of hydrogen-bond acceptors (Lipinski definition) is 4. The van der Waals surface area contributed by atoms with Gasteiger partial charge in [-0.3, -0.25) is 0 Å². The minimum atomic E-state index is -0.287. The Bertz CT molecular complexity index is 370. The molecule has 0 aliphatic carbocycles. The van der Waals surface area contributed by atoms with Crippen LogP contribution in [0.1, 0.15) is 10.4 Å². The number of halogens is 1. The molecule has 1 aromatic carbocycles. The molecular formula is C10H12ClNO2S. The second-order valence-corrected chi connectivity index (χ2v) is 4.11. The Morgan fingerprint density at radius 1 is 1.53 bits per heavy atom. The summed E-state index contributed by atoms with van der Waals surface area (Å²) in [5.74, 6) is 0.787. The summed E-state index contributed by atoms with van der Waals surface area (Å²) in [5.41, 5.74) is 1.63. The number of fused-ring (bicyclic) bond motifs is 1. The van der Waals surface area contributed by atoms with Crippen LogP contribution in [0.4, 0.5) is 5.69 Å². The fourth-order valence-corrected chi connectivity index (χ4v) is 2.26. The van der Waals surface area contributed by atoms with E-state index in [4.69, 9.17) is 0 Å². The Morgan fingerprint density at radius 2 is 2.33 bits per heavy atom. The molecule has 1 aromatic rings. The van der Waals surface area contributed by atoms with Gasteiger partial charge in [0.15, 0.2) is 0 Å². The van der Waals surface area contributed by atoms with Crippen molar-refractivity contribution >= 4 is 35.8 Å². The number of rotatable bonds is 1. The van der Waals surface area contributed by atoms with Crippen molar-refractivity contribution < 1.29 is 9.53 Å². The normalized spacial score (nSPS) is 13.1. The van der Waals surface area contributed by atoms with Crippen LogP contribution in [0.25, 0.3) is 0 Å². The van der Waals surface area contributed by atoms with Crippen LogP contribution >= 0.6 is 24.2 Å². The highest BCUT2D eigenvalue weighted by Gasteiger charge is 2.12. The molecule has 1 heterocycles. The zero-order chi connectivity index (χ0) is 9.97. The Kier molecular flexibility index (Phi) is 4.29. The van der Waals surface area contributed by atoms with Crippen LogP contribution in [-0.4, -0.2) is 25.4 Å². The van der Waals surface area contributed by atoms with E-state index in [1.165, 1.54) is 12.0 Å². The number of methoxy groups -OCH3 is 1. The van der Waals surface area contributed by atoms with E-state index in [0.717, 1.165) is 18.0 Å². The van der Waals surface area contributed by atoms with Crippen molar-refractivity contribution in [3.8, 4) is 0 Å². The van der Waals surface area contributed by atoms with Gasteiger partial charge in [-0.05, 0) is 18.2 Å². The van der Waals surface area contributed by atoms with Crippen LogP contribution in [-0.2, 0) is 4.74 Å². The minimum Gasteiger partial charge on any atom is -0.465 e. The first-order valence-corrected chi connectivity index (χ1v) is 5.39. The zero-order valence-electron chi connectivity index (χ0n) is 8.28. The molecule has 0 saturated carbocycles. The third-order valence-corrected chi connectivity index (χ3v) is 3.15. The number of esters is 1.